The molecule has 1 aromatic carbocycles. The SMILES string of the molecule is CCCNC(c1cnn(CC)c1)c1cc(F)ccc1F. The largest absolute Gasteiger partial charge is 0.306 e. The fraction of sp³-hybridized carbons (Fsp3) is 0.400. The number of aromatic nitrogens is 2. The molecule has 0 bridgehead atoms. The molecule has 1 atom stereocenters. The Hall–Kier alpha value is -1.75. The molecule has 1 N–H and O–H groups in total. The molecule has 1 unspecified atom stereocenters. The van der Waals surface area contributed by atoms with Crippen LogP contribution < -0.4 is 5.32 Å². The zero-order valence-electron chi connectivity index (χ0n) is 11.7. The number of hydrogen-bond acceptors (Lipinski definition) is 2. The Morgan fingerprint density at radius 1 is 1.30 bits per heavy atom. The van der Waals surface area contributed by atoms with E-state index in [9.17, 15) is 8.78 Å². The van der Waals surface area contributed by atoms with Gasteiger partial charge in [-0.15, -0.1) is 0 Å². The first-order valence-electron chi connectivity index (χ1n) is 6.86. The number of rotatable bonds is 6. The Balaban J connectivity index is 2.38. The predicted molar refractivity (Wildman–Crippen MR) is 74.4 cm³/mol. The molecule has 0 aliphatic rings. The fourth-order valence-corrected chi connectivity index (χ4v) is 2.13. The molecule has 0 aliphatic heterocycles. The number of benzene rings is 1. The first-order valence-corrected chi connectivity index (χ1v) is 6.86. The average Bonchev–Trinajstić information content (AvgIpc) is 2.92. The highest BCUT2D eigenvalue weighted by molar-refractivity contribution is 5.30. The minimum Gasteiger partial charge on any atom is -0.306 e. The summed E-state index contributed by atoms with van der Waals surface area (Å²) in [7, 11) is 0. The third-order valence-corrected chi connectivity index (χ3v) is 3.18. The number of aryl methyl sites for hydroxylation is 1. The van der Waals surface area contributed by atoms with Crippen molar-refractivity contribution in [3.63, 3.8) is 0 Å². The van der Waals surface area contributed by atoms with Gasteiger partial charge in [0.25, 0.3) is 0 Å². The van der Waals surface area contributed by atoms with Gasteiger partial charge in [0.05, 0.1) is 12.2 Å². The molecule has 0 aliphatic carbocycles. The fourth-order valence-electron chi connectivity index (χ4n) is 2.13. The highest BCUT2D eigenvalue weighted by Crippen LogP contribution is 2.25. The van der Waals surface area contributed by atoms with Gasteiger partial charge in [0.2, 0.25) is 0 Å². The van der Waals surface area contributed by atoms with Gasteiger partial charge in [-0.3, -0.25) is 4.68 Å². The lowest BCUT2D eigenvalue weighted by Gasteiger charge is -2.18. The van der Waals surface area contributed by atoms with E-state index in [-0.39, 0.29) is 6.04 Å². The third kappa shape index (κ3) is 3.22. The van der Waals surface area contributed by atoms with Crippen LogP contribution in [0.5, 0.6) is 0 Å². The maximum Gasteiger partial charge on any atom is 0.128 e. The Morgan fingerprint density at radius 3 is 2.75 bits per heavy atom. The van der Waals surface area contributed by atoms with Crippen LogP contribution in [0.25, 0.3) is 0 Å². The molecule has 1 aromatic heterocycles. The van der Waals surface area contributed by atoms with Crippen molar-refractivity contribution in [2.24, 2.45) is 0 Å². The van der Waals surface area contributed by atoms with Crippen LogP contribution in [0.4, 0.5) is 8.78 Å². The second-order valence-electron chi connectivity index (χ2n) is 4.68. The molecule has 20 heavy (non-hydrogen) atoms. The second-order valence-corrected chi connectivity index (χ2v) is 4.68. The molecule has 2 aromatic rings. The Bertz CT molecular complexity index is 566. The van der Waals surface area contributed by atoms with Crippen LogP contribution in [0.1, 0.15) is 37.4 Å². The van der Waals surface area contributed by atoms with Gasteiger partial charge in [-0.05, 0) is 38.1 Å². The lowest BCUT2D eigenvalue weighted by Crippen LogP contribution is -2.24. The van der Waals surface area contributed by atoms with Gasteiger partial charge < -0.3 is 5.32 Å². The smallest absolute Gasteiger partial charge is 0.128 e. The molecule has 2 rings (SSSR count). The van der Waals surface area contributed by atoms with Gasteiger partial charge in [0, 0.05) is 23.9 Å². The van der Waals surface area contributed by atoms with Gasteiger partial charge in [-0.2, -0.15) is 5.10 Å². The summed E-state index contributed by atoms with van der Waals surface area (Å²) in [6.07, 6.45) is 4.47. The van der Waals surface area contributed by atoms with E-state index >= 15 is 0 Å². The van der Waals surface area contributed by atoms with Crippen LogP contribution in [0.3, 0.4) is 0 Å². The third-order valence-electron chi connectivity index (χ3n) is 3.18. The summed E-state index contributed by atoms with van der Waals surface area (Å²) in [5.74, 6) is -0.850. The molecule has 0 spiro atoms. The van der Waals surface area contributed by atoms with Gasteiger partial charge >= 0.3 is 0 Å². The maximum absolute atomic E-state index is 14.0. The van der Waals surface area contributed by atoms with E-state index < -0.39 is 11.6 Å². The topological polar surface area (TPSA) is 29.9 Å². The van der Waals surface area contributed by atoms with Crippen LogP contribution >= 0.6 is 0 Å². The molecule has 5 heteroatoms. The summed E-state index contributed by atoms with van der Waals surface area (Å²) in [4.78, 5) is 0. The van der Waals surface area contributed by atoms with Crippen molar-refractivity contribution in [1.29, 1.82) is 0 Å². The van der Waals surface area contributed by atoms with Gasteiger partial charge in [-0.1, -0.05) is 6.92 Å². The van der Waals surface area contributed by atoms with E-state index in [1.807, 2.05) is 20.0 Å². The highest BCUT2D eigenvalue weighted by Gasteiger charge is 2.19. The summed E-state index contributed by atoms with van der Waals surface area (Å²) in [5, 5.41) is 7.45. The van der Waals surface area contributed by atoms with Crippen LogP contribution in [-0.4, -0.2) is 16.3 Å². The van der Waals surface area contributed by atoms with E-state index in [4.69, 9.17) is 0 Å². The van der Waals surface area contributed by atoms with Crippen molar-refractivity contribution in [2.45, 2.75) is 32.9 Å². The van der Waals surface area contributed by atoms with E-state index in [1.165, 1.54) is 6.07 Å². The van der Waals surface area contributed by atoms with Crippen LogP contribution in [0, 0.1) is 11.6 Å². The summed E-state index contributed by atoms with van der Waals surface area (Å²) < 4.78 is 29.2. The van der Waals surface area contributed by atoms with Crippen molar-refractivity contribution in [3.05, 3.63) is 53.4 Å². The molecule has 0 saturated carbocycles. The summed E-state index contributed by atoms with van der Waals surface area (Å²) >= 11 is 0. The van der Waals surface area contributed by atoms with E-state index in [0.717, 1.165) is 37.2 Å². The Labute approximate surface area is 117 Å². The lowest BCUT2D eigenvalue weighted by molar-refractivity contribution is 0.534. The highest BCUT2D eigenvalue weighted by atomic mass is 19.1. The second kappa shape index (κ2) is 6.61. The molecule has 0 fully saturated rings. The summed E-state index contributed by atoms with van der Waals surface area (Å²) in [6, 6.07) is 3.15. The van der Waals surface area contributed by atoms with Crippen LogP contribution in [-0.2, 0) is 6.54 Å². The van der Waals surface area contributed by atoms with Crippen molar-refractivity contribution in [1.82, 2.24) is 15.1 Å². The Morgan fingerprint density at radius 2 is 2.10 bits per heavy atom. The van der Waals surface area contributed by atoms with E-state index in [2.05, 4.69) is 10.4 Å². The zero-order chi connectivity index (χ0) is 14.5. The van der Waals surface area contributed by atoms with E-state index in [0.29, 0.717) is 5.56 Å². The molecule has 3 nitrogen and oxygen atoms in total. The quantitative estimate of drug-likeness (QED) is 0.879. The van der Waals surface area contributed by atoms with Crippen molar-refractivity contribution in [3.8, 4) is 0 Å². The first-order chi connectivity index (χ1) is 9.65. The molecular formula is C15H19F2N3. The standard InChI is InChI=1S/C15H19F2N3/c1-3-7-18-15(11-9-19-20(4-2)10-11)13-8-12(16)5-6-14(13)17/h5-6,8-10,15,18H,3-4,7H2,1-2H3. The van der Waals surface area contributed by atoms with Crippen LogP contribution in [0.15, 0.2) is 30.6 Å². The monoisotopic (exact) mass is 279 g/mol. The van der Waals surface area contributed by atoms with Crippen LogP contribution in [0.2, 0.25) is 0 Å². The Kier molecular flexibility index (Phi) is 4.84. The zero-order valence-corrected chi connectivity index (χ0v) is 11.7. The normalized spacial score (nSPS) is 12.6. The molecule has 1 heterocycles. The maximum atomic E-state index is 14.0. The van der Waals surface area contributed by atoms with Crippen molar-refractivity contribution >= 4 is 0 Å². The molecule has 0 radical (unpaired) electrons. The number of nitrogens with zero attached hydrogens (tertiary/aromatic N) is 2. The minimum atomic E-state index is -0.437. The number of hydrogen-bond donors (Lipinski definition) is 1. The predicted octanol–water partition coefficient (Wildman–Crippen LogP) is 3.27. The summed E-state index contributed by atoms with van der Waals surface area (Å²) in [6.45, 7) is 5.47. The number of halogens is 2. The van der Waals surface area contributed by atoms with Gasteiger partial charge in [0.1, 0.15) is 11.6 Å². The molecule has 108 valence electrons. The van der Waals surface area contributed by atoms with E-state index in [1.54, 1.807) is 10.9 Å². The lowest BCUT2D eigenvalue weighted by atomic mass is 10.0. The molecule has 0 saturated heterocycles. The van der Waals surface area contributed by atoms with Gasteiger partial charge in [0.15, 0.2) is 0 Å². The number of nitrogens with one attached hydrogen (secondary N) is 1. The molecular weight excluding hydrogens is 260 g/mol. The molecule has 0 amide bonds. The first kappa shape index (κ1) is 14.7. The van der Waals surface area contributed by atoms with Gasteiger partial charge in [-0.25, -0.2) is 8.78 Å². The minimum absolute atomic E-state index is 0.314. The van der Waals surface area contributed by atoms with Crippen molar-refractivity contribution < 1.29 is 8.78 Å². The van der Waals surface area contributed by atoms with Crippen molar-refractivity contribution in [2.75, 3.05) is 6.54 Å². The average molecular weight is 279 g/mol. The summed E-state index contributed by atoms with van der Waals surface area (Å²) in [5.41, 5.74) is 1.15.